The highest BCUT2D eigenvalue weighted by Crippen LogP contribution is 2.02. The number of amides is 1. The quantitative estimate of drug-likeness (QED) is 0.703. The van der Waals surface area contributed by atoms with E-state index in [-0.39, 0.29) is 11.8 Å². The third kappa shape index (κ3) is 7.32. The zero-order valence-corrected chi connectivity index (χ0v) is 8.63. The molecule has 0 bridgehead atoms. The van der Waals surface area contributed by atoms with Crippen LogP contribution in [0.4, 0.5) is 0 Å². The summed E-state index contributed by atoms with van der Waals surface area (Å²) in [4.78, 5) is 11.1. The summed E-state index contributed by atoms with van der Waals surface area (Å²) in [5.41, 5.74) is 0. The number of carbonyl (C=O) groups is 1. The Morgan fingerprint density at radius 2 is 2.08 bits per heavy atom. The van der Waals surface area contributed by atoms with Crippen molar-refractivity contribution < 1.29 is 4.79 Å². The Morgan fingerprint density at radius 3 is 2.54 bits per heavy atom. The molecular weight excluding hydrogens is 164 g/mol. The summed E-state index contributed by atoms with van der Waals surface area (Å²) < 4.78 is 0. The SMILES string of the molecule is CC(C)CCC(=O)NCC(C)C#N. The summed E-state index contributed by atoms with van der Waals surface area (Å²) in [6.45, 7) is 6.44. The minimum absolute atomic E-state index is 0.0517. The summed E-state index contributed by atoms with van der Waals surface area (Å²) in [5, 5.41) is 11.2. The van der Waals surface area contributed by atoms with Crippen LogP contribution in [0.3, 0.4) is 0 Å². The lowest BCUT2D eigenvalue weighted by molar-refractivity contribution is -0.121. The average Bonchev–Trinajstić information content (AvgIpc) is 2.10. The molecule has 0 saturated heterocycles. The lowest BCUT2D eigenvalue weighted by atomic mass is 10.1. The molecule has 0 aliphatic heterocycles. The van der Waals surface area contributed by atoms with E-state index in [2.05, 4.69) is 25.2 Å². The molecule has 3 heteroatoms. The summed E-state index contributed by atoms with van der Waals surface area (Å²) in [6.07, 6.45) is 1.47. The fourth-order valence-electron chi connectivity index (χ4n) is 0.821. The van der Waals surface area contributed by atoms with Gasteiger partial charge >= 0.3 is 0 Å². The normalized spacial score (nSPS) is 12.2. The van der Waals surface area contributed by atoms with Crippen molar-refractivity contribution in [1.82, 2.24) is 5.32 Å². The van der Waals surface area contributed by atoms with Crippen LogP contribution in [-0.4, -0.2) is 12.5 Å². The molecule has 0 fully saturated rings. The standard InChI is InChI=1S/C10H18N2O/c1-8(2)4-5-10(13)12-7-9(3)6-11/h8-9H,4-5,7H2,1-3H3,(H,12,13). The van der Waals surface area contributed by atoms with Gasteiger partial charge in [0.05, 0.1) is 12.0 Å². The first-order valence-electron chi connectivity index (χ1n) is 4.72. The second-order valence-corrected chi connectivity index (χ2v) is 3.77. The Balaban J connectivity index is 3.47. The first-order valence-corrected chi connectivity index (χ1v) is 4.72. The van der Waals surface area contributed by atoms with Crippen LogP contribution in [0.5, 0.6) is 0 Å². The fourth-order valence-corrected chi connectivity index (χ4v) is 0.821. The van der Waals surface area contributed by atoms with Crippen LogP contribution in [0, 0.1) is 23.2 Å². The molecule has 0 rings (SSSR count). The number of rotatable bonds is 5. The van der Waals surface area contributed by atoms with Gasteiger partial charge in [-0.3, -0.25) is 4.79 Å². The van der Waals surface area contributed by atoms with E-state index < -0.39 is 0 Å². The van der Waals surface area contributed by atoms with Crippen molar-refractivity contribution in [2.75, 3.05) is 6.54 Å². The zero-order chi connectivity index (χ0) is 10.3. The molecule has 1 N–H and O–H groups in total. The highest BCUT2D eigenvalue weighted by Gasteiger charge is 2.04. The van der Waals surface area contributed by atoms with Gasteiger partial charge in [0.1, 0.15) is 0 Å². The van der Waals surface area contributed by atoms with Crippen molar-refractivity contribution in [2.45, 2.75) is 33.6 Å². The molecule has 0 radical (unpaired) electrons. The number of nitrogens with zero attached hydrogens (tertiary/aromatic N) is 1. The molecule has 1 amide bonds. The van der Waals surface area contributed by atoms with Gasteiger partial charge in [0.2, 0.25) is 5.91 Å². The van der Waals surface area contributed by atoms with Crippen LogP contribution < -0.4 is 5.32 Å². The van der Waals surface area contributed by atoms with Gasteiger partial charge in [-0.15, -0.1) is 0 Å². The van der Waals surface area contributed by atoms with Gasteiger partial charge in [0.15, 0.2) is 0 Å². The van der Waals surface area contributed by atoms with Crippen LogP contribution in [0.25, 0.3) is 0 Å². The van der Waals surface area contributed by atoms with Gasteiger partial charge in [-0.25, -0.2) is 0 Å². The summed E-state index contributed by atoms with van der Waals surface area (Å²) in [7, 11) is 0. The molecular formula is C10H18N2O. The zero-order valence-electron chi connectivity index (χ0n) is 8.63. The molecule has 0 aromatic heterocycles. The Kier molecular flexibility index (Phi) is 5.96. The maximum atomic E-state index is 11.1. The van der Waals surface area contributed by atoms with Gasteiger partial charge in [0.25, 0.3) is 0 Å². The Morgan fingerprint density at radius 1 is 1.46 bits per heavy atom. The molecule has 0 aliphatic rings. The van der Waals surface area contributed by atoms with Crippen molar-refractivity contribution in [3.05, 3.63) is 0 Å². The predicted molar refractivity (Wildman–Crippen MR) is 51.9 cm³/mol. The van der Waals surface area contributed by atoms with Crippen molar-refractivity contribution in [3.63, 3.8) is 0 Å². The van der Waals surface area contributed by atoms with E-state index in [1.54, 1.807) is 6.92 Å². The third-order valence-corrected chi connectivity index (χ3v) is 1.77. The smallest absolute Gasteiger partial charge is 0.220 e. The molecule has 0 aliphatic carbocycles. The highest BCUT2D eigenvalue weighted by molar-refractivity contribution is 5.75. The van der Waals surface area contributed by atoms with Gasteiger partial charge in [-0.1, -0.05) is 13.8 Å². The molecule has 0 spiro atoms. The van der Waals surface area contributed by atoms with Crippen LogP contribution in [0.15, 0.2) is 0 Å². The van der Waals surface area contributed by atoms with Gasteiger partial charge in [-0.2, -0.15) is 5.26 Å². The van der Waals surface area contributed by atoms with Crippen LogP contribution in [0.1, 0.15) is 33.6 Å². The minimum atomic E-state index is -0.0944. The van der Waals surface area contributed by atoms with Crippen LogP contribution in [-0.2, 0) is 4.79 Å². The van der Waals surface area contributed by atoms with E-state index >= 15 is 0 Å². The van der Waals surface area contributed by atoms with Gasteiger partial charge in [0, 0.05) is 13.0 Å². The summed E-state index contributed by atoms with van der Waals surface area (Å²) in [6, 6.07) is 2.07. The van der Waals surface area contributed by atoms with E-state index in [1.807, 2.05) is 0 Å². The lowest BCUT2D eigenvalue weighted by Gasteiger charge is -2.07. The van der Waals surface area contributed by atoms with E-state index in [1.165, 1.54) is 0 Å². The number of carbonyl (C=O) groups excluding carboxylic acids is 1. The molecule has 0 heterocycles. The molecule has 13 heavy (non-hydrogen) atoms. The van der Waals surface area contributed by atoms with Crippen molar-refractivity contribution >= 4 is 5.91 Å². The van der Waals surface area contributed by atoms with E-state index in [9.17, 15) is 4.79 Å². The highest BCUT2D eigenvalue weighted by atomic mass is 16.1. The Bertz CT molecular complexity index is 194. The Hall–Kier alpha value is -1.04. The van der Waals surface area contributed by atoms with Crippen molar-refractivity contribution in [3.8, 4) is 6.07 Å². The van der Waals surface area contributed by atoms with Gasteiger partial charge < -0.3 is 5.32 Å². The molecule has 1 unspecified atom stereocenters. The molecule has 0 aromatic carbocycles. The first-order chi connectivity index (χ1) is 6.06. The molecule has 0 aromatic rings. The molecule has 1 atom stereocenters. The monoisotopic (exact) mass is 182 g/mol. The predicted octanol–water partition coefficient (Wildman–Crippen LogP) is 1.70. The summed E-state index contributed by atoms with van der Waals surface area (Å²) in [5.74, 6) is 0.512. The van der Waals surface area contributed by atoms with Gasteiger partial charge in [-0.05, 0) is 19.3 Å². The second-order valence-electron chi connectivity index (χ2n) is 3.77. The van der Waals surface area contributed by atoms with E-state index in [4.69, 9.17) is 5.26 Å². The average molecular weight is 182 g/mol. The van der Waals surface area contributed by atoms with Crippen molar-refractivity contribution in [2.24, 2.45) is 11.8 Å². The number of hydrogen-bond acceptors (Lipinski definition) is 2. The maximum absolute atomic E-state index is 11.1. The van der Waals surface area contributed by atoms with E-state index in [0.29, 0.717) is 18.9 Å². The Labute approximate surface area is 80.1 Å². The summed E-state index contributed by atoms with van der Waals surface area (Å²) >= 11 is 0. The maximum Gasteiger partial charge on any atom is 0.220 e. The number of nitriles is 1. The molecule has 74 valence electrons. The van der Waals surface area contributed by atoms with E-state index in [0.717, 1.165) is 6.42 Å². The third-order valence-electron chi connectivity index (χ3n) is 1.77. The molecule has 3 nitrogen and oxygen atoms in total. The second kappa shape index (κ2) is 6.47. The van der Waals surface area contributed by atoms with Crippen molar-refractivity contribution in [1.29, 1.82) is 5.26 Å². The lowest BCUT2D eigenvalue weighted by Crippen LogP contribution is -2.27. The number of hydrogen-bond donors (Lipinski definition) is 1. The minimum Gasteiger partial charge on any atom is -0.355 e. The van der Waals surface area contributed by atoms with Crippen LogP contribution >= 0.6 is 0 Å². The number of nitrogens with one attached hydrogen (secondary N) is 1. The van der Waals surface area contributed by atoms with Crippen LogP contribution in [0.2, 0.25) is 0 Å². The first kappa shape index (κ1) is 12.0. The topological polar surface area (TPSA) is 52.9 Å². The molecule has 0 saturated carbocycles. The largest absolute Gasteiger partial charge is 0.355 e. The fraction of sp³-hybridized carbons (Fsp3) is 0.800.